The van der Waals surface area contributed by atoms with Gasteiger partial charge in [-0.2, -0.15) is 0 Å². The number of aldehydes is 1. The van der Waals surface area contributed by atoms with Crippen LogP contribution in [-0.2, 0) is 4.74 Å². The summed E-state index contributed by atoms with van der Waals surface area (Å²) >= 11 is 1.42. The number of rotatable bonds is 5. The van der Waals surface area contributed by atoms with Crippen LogP contribution in [0.5, 0.6) is 0 Å². The van der Waals surface area contributed by atoms with Crippen LogP contribution in [0.25, 0.3) is 11.3 Å². The zero-order valence-corrected chi connectivity index (χ0v) is 13.6. The largest absolute Gasteiger partial charge is 0.465 e. The Morgan fingerprint density at radius 1 is 1.21 bits per heavy atom. The van der Waals surface area contributed by atoms with E-state index >= 15 is 0 Å². The number of benzene rings is 1. The maximum absolute atomic E-state index is 11.6. The van der Waals surface area contributed by atoms with Gasteiger partial charge >= 0.3 is 5.97 Å². The molecule has 3 rings (SSSR count). The van der Waals surface area contributed by atoms with E-state index in [0.717, 1.165) is 10.5 Å². The number of hydrogen-bond acceptors (Lipinski definition) is 6. The lowest BCUT2D eigenvalue weighted by atomic mass is 10.2. The van der Waals surface area contributed by atoms with Crippen molar-refractivity contribution in [2.45, 2.75) is 9.92 Å². The van der Waals surface area contributed by atoms with Crippen molar-refractivity contribution < 1.29 is 18.7 Å². The highest BCUT2D eigenvalue weighted by molar-refractivity contribution is 7.99. The van der Waals surface area contributed by atoms with E-state index in [-0.39, 0.29) is 5.76 Å². The topological polar surface area (TPSA) is 69.4 Å². The summed E-state index contributed by atoms with van der Waals surface area (Å²) in [5, 5.41) is 0.683. The Labute approximate surface area is 142 Å². The number of hydrogen-bond donors (Lipinski definition) is 0. The van der Waals surface area contributed by atoms with Gasteiger partial charge < -0.3 is 9.15 Å². The molecule has 5 nitrogen and oxygen atoms in total. The molecule has 0 aliphatic carbocycles. The lowest BCUT2D eigenvalue weighted by Gasteiger charge is -2.05. The second-order valence-corrected chi connectivity index (χ2v) is 5.92. The molecule has 2 aromatic heterocycles. The van der Waals surface area contributed by atoms with Crippen molar-refractivity contribution in [1.29, 1.82) is 0 Å². The molecular formula is C18H13NO4S. The van der Waals surface area contributed by atoms with Crippen molar-refractivity contribution in [2.75, 3.05) is 7.11 Å². The van der Waals surface area contributed by atoms with Crippen LogP contribution in [-0.4, -0.2) is 24.3 Å². The fourth-order valence-corrected chi connectivity index (χ4v) is 2.99. The van der Waals surface area contributed by atoms with Crippen LogP contribution >= 0.6 is 11.8 Å². The quantitative estimate of drug-likeness (QED) is 0.515. The zero-order valence-electron chi connectivity index (χ0n) is 12.8. The summed E-state index contributed by atoms with van der Waals surface area (Å²) in [5.74, 6) is 0.510. The average molecular weight is 339 g/mol. The van der Waals surface area contributed by atoms with Crippen molar-refractivity contribution in [3.8, 4) is 11.3 Å². The molecule has 0 N–H and O–H groups in total. The number of furan rings is 1. The SMILES string of the molecule is COC(=O)c1ccnc(Sc2cccc(-c3ccc(C=O)o3)c2)c1. The normalized spacial score (nSPS) is 10.4. The Kier molecular flexibility index (Phi) is 4.77. The Balaban J connectivity index is 1.84. The minimum atomic E-state index is -0.398. The molecule has 1 aromatic carbocycles. The van der Waals surface area contributed by atoms with Gasteiger partial charge in [-0.1, -0.05) is 23.9 Å². The van der Waals surface area contributed by atoms with E-state index < -0.39 is 5.97 Å². The fourth-order valence-electron chi connectivity index (χ4n) is 2.11. The molecule has 0 saturated heterocycles. The summed E-state index contributed by atoms with van der Waals surface area (Å²) in [6.45, 7) is 0. The third-order valence-electron chi connectivity index (χ3n) is 3.24. The molecule has 0 radical (unpaired) electrons. The van der Waals surface area contributed by atoms with Gasteiger partial charge in [0.05, 0.1) is 12.7 Å². The lowest BCUT2D eigenvalue weighted by Crippen LogP contribution is -2.01. The van der Waals surface area contributed by atoms with Crippen LogP contribution in [0.4, 0.5) is 0 Å². The molecule has 2 heterocycles. The van der Waals surface area contributed by atoms with Crippen molar-refractivity contribution in [3.63, 3.8) is 0 Å². The molecule has 24 heavy (non-hydrogen) atoms. The average Bonchev–Trinajstić information content (AvgIpc) is 3.11. The van der Waals surface area contributed by atoms with Gasteiger partial charge in [0.25, 0.3) is 0 Å². The lowest BCUT2D eigenvalue weighted by molar-refractivity contribution is 0.0600. The molecular weight excluding hydrogens is 326 g/mol. The maximum Gasteiger partial charge on any atom is 0.337 e. The van der Waals surface area contributed by atoms with Crippen LogP contribution in [0.2, 0.25) is 0 Å². The van der Waals surface area contributed by atoms with Gasteiger partial charge in [-0.15, -0.1) is 0 Å². The number of aromatic nitrogens is 1. The van der Waals surface area contributed by atoms with Crippen molar-refractivity contribution in [2.24, 2.45) is 0 Å². The fraction of sp³-hybridized carbons (Fsp3) is 0.0556. The van der Waals surface area contributed by atoms with Gasteiger partial charge in [-0.05, 0) is 36.4 Å². The molecule has 120 valence electrons. The number of esters is 1. The second-order valence-electron chi connectivity index (χ2n) is 4.82. The first-order valence-corrected chi connectivity index (χ1v) is 7.89. The van der Waals surface area contributed by atoms with Crippen molar-refractivity contribution >= 4 is 24.0 Å². The van der Waals surface area contributed by atoms with E-state index in [1.807, 2.05) is 24.3 Å². The molecule has 0 amide bonds. The number of nitrogens with zero attached hydrogens (tertiary/aromatic N) is 1. The molecule has 0 bridgehead atoms. The minimum Gasteiger partial charge on any atom is -0.465 e. The summed E-state index contributed by atoms with van der Waals surface area (Å²) in [6, 6.07) is 14.3. The highest BCUT2D eigenvalue weighted by atomic mass is 32.2. The summed E-state index contributed by atoms with van der Waals surface area (Å²) in [5.41, 5.74) is 1.31. The number of methoxy groups -OCH3 is 1. The molecule has 0 aliphatic heterocycles. The molecule has 0 fully saturated rings. The van der Waals surface area contributed by atoms with Crippen LogP contribution in [0, 0.1) is 0 Å². The van der Waals surface area contributed by atoms with Gasteiger partial charge in [0.2, 0.25) is 0 Å². The van der Waals surface area contributed by atoms with Crippen LogP contribution < -0.4 is 0 Å². The zero-order chi connectivity index (χ0) is 16.9. The van der Waals surface area contributed by atoms with E-state index in [0.29, 0.717) is 22.6 Å². The van der Waals surface area contributed by atoms with E-state index in [4.69, 9.17) is 9.15 Å². The van der Waals surface area contributed by atoms with E-state index in [9.17, 15) is 9.59 Å². The predicted molar refractivity (Wildman–Crippen MR) is 89.2 cm³/mol. The van der Waals surface area contributed by atoms with Crippen LogP contribution in [0.1, 0.15) is 20.9 Å². The molecule has 3 aromatic rings. The Morgan fingerprint density at radius 3 is 2.83 bits per heavy atom. The van der Waals surface area contributed by atoms with E-state index in [1.165, 1.54) is 18.9 Å². The van der Waals surface area contributed by atoms with Crippen molar-refractivity contribution in [3.05, 3.63) is 66.1 Å². The third-order valence-corrected chi connectivity index (χ3v) is 4.16. The Morgan fingerprint density at radius 2 is 2.08 bits per heavy atom. The number of pyridine rings is 1. The predicted octanol–water partition coefficient (Wildman–Crippen LogP) is 4.09. The molecule has 0 spiro atoms. The third kappa shape index (κ3) is 3.55. The highest BCUT2D eigenvalue weighted by Crippen LogP contribution is 2.31. The number of ether oxygens (including phenoxy) is 1. The van der Waals surface area contributed by atoms with Crippen molar-refractivity contribution in [1.82, 2.24) is 4.98 Å². The second kappa shape index (κ2) is 7.14. The van der Waals surface area contributed by atoms with Gasteiger partial charge in [0.1, 0.15) is 10.8 Å². The summed E-state index contributed by atoms with van der Waals surface area (Å²) in [4.78, 5) is 27.5. The van der Waals surface area contributed by atoms with Gasteiger partial charge in [-0.25, -0.2) is 9.78 Å². The standard InChI is InChI=1S/C18H13NO4S/c1-22-18(21)13-7-8-19-17(10-13)24-15-4-2-3-12(9-15)16-6-5-14(11-20)23-16/h2-11H,1H3. The number of carbonyl (C=O) groups excluding carboxylic acids is 2. The first-order chi connectivity index (χ1) is 11.7. The van der Waals surface area contributed by atoms with E-state index in [1.54, 1.807) is 30.5 Å². The molecule has 6 heteroatoms. The highest BCUT2D eigenvalue weighted by Gasteiger charge is 2.09. The van der Waals surface area contributed by atoms with Crippen LogP contribution in [0.3, 0.4) is 0 Å². The summed E-state index contributed by atoms with van der Waals surface area (Å²) in [7, 11) is 1.34. The maximum atomic E-state index is 11.6. The molecule has 0 aliphatic rings. The monoisotopic (exact) mass is 339 g/mol. The van der Waals surface area contributed by atoms with Gasteiger partial charge in [0, 0.05) is 16.7 Å². The molecule has 0 saturated carbocycles. The Bertz CT molecular complexity index is 888. The smallest absolute Gasteiger partial charge is 0.337 e. The van der Waals surface area contributed by atoms with Gasteiger partial charge in [-0.3, -0.25) is 4.79 Å². The first-order valence-electron chi connectivity index (χ1n) is 7.07. The first kappa shape index (κ1) is 16.0. The number of carbonyl (C=O) groups is 2. The van der Waals surface area contributed by atoms with E-state index in [2.05, 4.69) is 4.98 Å². The minimum absolute atomic E-state index is 0.288. The summed E-state index contributed by atoms with van der Waals surface area (Å²) in [6.07, 6.45) is 2.24. The summed E-state index contributed by atoms with van der Waals surface area (Å²) < 4.78 is 10.1. The van der Waals surface area contributed by atoms with Gasteiger partial charge in [0.15, 0.2) is 12.0 Å². The molecule has 0 unspecified atom stereocenters. The molecule has 0 atom stereocenters. The van der Waals surface area contributed by atoms with Crippen LogP contribution in [0.15, 0.2) is 69.1 Å². The Hall–Kier alpha value is -2.86.